The van der Waals surface area contributed by atoms with Crippen LogP contribution in [0.3, 0.4) is 0 Å². The average Bonchev–Trinajstić information content (AvgIpc) is 3.53. The van der Waals surface area contributed by atoms with E-state index in [1.165, 1.54) is 4.90 Å². The number of ether oxygens (including phenoxy) is 2. The van der Waals surface area contributed by atoms with E-state index in [0.29, 0.717) is 38.8 Å². The SMILES string of the molecule is C=CCCOC(=O)[C@@H]1[C@@H]2CCC3(O2)C(C(=O)N(CC=C)Cc2ccccc2)N([C@@H](CC)CO)C(=O)[C@H]13. The lowest BCUT2D eigenvalue weighted by Gasteiger charge is -2.39. The Hall–Kier alpha value is -2.97. The molecule has 8 heteroatoms. The number of carbonyl (C=O) groups excluding carboxylic acids is 3. The lowest BCUT2D eigenvalue weighted by molar-refractivity contribution is -0.156. The van der Waals surface area contributed by atoms with Gasteiger partial charge in [0.25, 0.3) is 0 Å². The molecule has 36 heavy (non-hydrogen) atoms. The highest BCUT2D eigenvalue weighted by molar-refractivity contribution is 5.98. The van der Waals surface area contributed by atoms with Crippen LogP contribution in [0.5, 0.6) is 0 Å². The molecule has 3 heterocycles. The predicted molar refractivity (Wildman–Crippen MR) is 133 cm³/mol. The summed E-state index contributed by atoms with van der Waals surface area (Å²) in [6, 6.07) is 8.12. The minimum absolute atomic E-state index is 0.184. The van der Waals surface area contributed by atoms with Crippen molar-refractivity contribution in [3.8, 4) is 0 Å². The number of hydrogen-bond acceptors (Lipinski definition) is 6. The normalized spacial score (nSPS) is 29.1. The highest BCUT2D eigenvalue weighted by atomic mass is 16.6. The van der Waals surface area contributed by atoms with Gasteiger partial charge in [0.05, 0.1) is 37.2 Å². The smallest absolute Gasteiger partial charge is 0.312 e. The van der Waals surface area contributed by atoms with Crippen molar-refractivity contribution in [2.75, 3.05) is 19.8 Å². The summed E-state index contributed by atoms with van der Waals surface area (Å²) in [6.45, 7) is 9.87. The minimum atomic E-state index is -1.13. The predicted octanol–water partition coefficient (Wildman–Crippen LogP) is 2.47. The third kappa shape index (κ3) is 4.37. The van der Waals surface area contributed by atoms with Crippen molar-refractivity contribution in [2.45, 2.75) is 62.9 Å². The number of aliphatic hydroxyl groups excluding tert-OH is 1. The van der Waals surface area contributed by atoms with E-state index in [1.54, 1.807) is 17.1 Å². The van der Waals surface area contributed by atoms with Gasteiger partial charge >= 0.3 is 5.97 Å². The van der Waals surface area contributed by atoms with E-state index < -0.39 is 41.6 Å². The van der Waals surface area contributed by atoms with Crippen LogP contribution in [0.2, 0.25) is 0 Å². The molecule has 1 spiro atoms. The molecule has 3 fully saturated rings. The van der Waals surface area contributed by atoms with Gasteiger partial charge in [-0.3, -0.25) is 14.4 Å². The van der Waals surface area contributed by atoms with Crippen LogP contribution in [0.15, 0.2) is 55.6 Å². The molecule has 3 aliphatic heterocycles. The van der Waals surface area contributed by atoms with Gasteiger partial charge in [0.15, 0.2) is 0 Å². The van der Waals surface area contributed by atoms with Gasteiger partial charge in [-0.15, -0.1) is 13.2 Å². The first-order valence-electron chi connectivity index (χ1n) is 12.7. The fourth-order valence-electron chi connectivity index (χ4n) is 6.15. The number of aliphatic hydroxyl groups is 1. The van der Waals surface area contributed by atoms with Crippen molar-refractivity contribution in [1.29, 1.82) is 0 Å². The highest BCUT2D eigenvalue weighted by Crippen LogP contribution is 2.59. The van der Waals surface area contributed by atoms with Gasteiger partial charge < -0.3 is 24.4 Å². The molecule has 1 N–H and O–H groups in total. The Morgan fingerprint density at radius 1 is 1.31 bits per heavy atom. The Balaban J connectivity index is 1.71. The van der Waals surface area contributed by atoms with Crippen molar-refractivity contribution in [3.05, 3.63) is 61.2 Å². The van der Waals surface area contributed by atoms with E-state index in [0.717, 1.165) is 5.56 Å². The van der Waals surface area contributed by atoms with Crippen molar-refractivity contribution >= 4 is 17.8 Å². The molecule has 8 nitrogen and oxygen atoms in total. The number of amides is 2. The lowest BCUT2D eigenvalue weighted by Crippen LogP contribution is -2.58. The zero-order chi connectivity index (χ0) is 25.9. The first kappa shape index (κ1) is 26.1. The standard InChI is InChI=1S/C28H36N2O6/c1-4-7-16-35-27(34)22-21-13-14-28(36-21)23(22)25(32)30(20(6-3)18-31)24(28)26(33)29(15-5-2)17-19-11-9-8-10-12-19/h4-5,8-12,20-24,31H,1-2,6-7,13-18H2,3H3/t20-,21-,22+,23-,24?,28?/m0/s1. The van der Waals surface area contributed by atoms with E-state index in [9.17, 15) is 19.5 Å². The molecule has 1 aromatic carbocycles. The van der Waals surface area contributed by atoms with Gasteiger partial charge in [-0.1, -0.05) is 49.4 Å². The van der Waals surface area contributed by atoms with E-state index in [1.807, 2.05) is 37.3 Å². The summed E-state index contributed by atoms with van der Waals surface area (Å²) < 4.78 is 11.9. The van der Waals surface area contributed by atoms with Crippen LogP contribution in [0, 0.1) is 11.8 Å². The quantitative estimate of drug-likeness (QED) is 0.271. The summed E-state index contributed by atoms with van der Waals surface area (Å²) in [5.41, 5.74) is -0.174. The zero-order valence-electron chi connectivity index (χ0n) is 20.9. The number of benzene rings is 1. The maximum absolute atomic E-state index is 14.2. The van der Waals surface area contributed by atoms with Crippen LogP contribution in [0.25, 0.3) is 0 Å². The molecule has 4 rings (SSSR count). The highest BCUT2D eigenvalue weighted by Gasteiger charge is 2.75. The lowest BCUT2D eigenvalue weighted by atomic mass is 9.70. The van der Waals surface area contributed by atoms with Crippen LogP contribution in [0.4, 0.5) is 0 Å². The van der Waals surface area contributed by atoms with E-state index in [4.69, 9.17) is 9.47 Å². The van der Waals surface area contributed by atoms with Crippen LogP contribution < -0.4 is 0 Å². The van der Waals surface area contributed by atoms with Crippen molar-refractivity contribution in [3.63, 3.8) is 0 Å². The monoisotopic (exact) mass is 496 g/mol. The Kier molecular flexibility index (Phi) is 7.95. The molecule has 0 radical (unpaired) electrons. The zero-order valence-corrected chi connectivity index (χ0v) is 20.9. The van der Waals surface area contributed by atoms with Crippen LogP contribution in [-0.4, -0.2) is 76.2 Å². The second-order valence-electron chi connectivity index (χ2n) is 9.78. The number of esters is 1. The molecular formula is C28H36N2O6. The molecule has 2 amide bonds. The Morgan fingerprint density at radius 3 is 2.69 bits per heavy atom. The van der Waals surface area contributed by atoms with Gasteiger partial charge in [0.2, 0.25) is 11.8 Å². The molecule has 0 aromatic heterocycles. The molecule has 0 saturated carbocycles. The Bertz CT molecular complexity index is 993. The number of rotatable bonds is 12. The minimum Gasteiger partial charge on any atom is -0.465 e. The number of fused-ring (bicyclic) bond motifs is 1. The molecule has 0 aliphatic carbocycles. The van der Waals surface area contributed by atoms with Crippen molar-refractivity contribution in [1.82, 2.24) is 9.80 Å². The average molecular weight is 497 g/mol. The summed E-state index contributed by atoms with van der Waals surface area (Å²) in [6.07, 6.45) is 4.89. The number of hydrogen-bond donors (Lipinski definition) is 1. The van der Waals surface area contributed by atoms with Crippen molar-refractivity contribution < 1.29 is 29.0 Å². The molecular weight excluding hydrogens is 460 g/mol. The first-order chi connectivity index (χ1) is 17.4. The van der Waals surface area contributed by atoms with Gasteiger partial charge in [0, 0.05) is 13.1 Å². The van der Waals surface area contributed by atoms with E-state index >= 15 is 0 Å². The van der Waals surface area contributed by atoms with Crippen LogP contribution >= 0.6 is 0 Å². The Morgan fingerprint density at radius 2 is 2.06 bits per heavy atom. The second-order valence-corrected chi connectivity index (χ2v) is 9.78. The van der Waals surface area contributed by atoms with E-state index in [2.05, 4.69) is 13.2 Å². The maximum atomic E-state index is 14.2. The van der Waals surface area contributed by atoms with Gasteiger partial charge in [0.1, 0.15) is 11.6 Å². The Labute approximate surface area is 212 Å². The van der Waals surface area contributed by atoms with Crippen molar-refractivity contribution in [2.24, 2.45) is 11.8 Å². The molecule has 3 aliphatic rings. The number of likely N-dealkylation sites (tertiary alicyclic amines) is 1. The topological polar surface area (TPSA) is 96.4 Å². The third-order valence-corrected chi connectivity index (χ3v) is 7.76. The van der Waals surface area contributed by atoms with Crippen LogP contribution in [0.1, 0.15) is 38.2 Å². The third-order valence-electron chi connectivity index (χ3n) is 7.76. The summed E-state index contributed by atoms with van der Waals surface area (Å²) >= 11 is 0. The fraction of sp³-hybridized carbons (Fsp3) is 0.536. The molecule has 6 atom stereocenters. The molecule has 194 valence electrons. The first-order valence-corrected chi connectivity index (χ1v) is 12.7. The largest absolute Gasteiger partial charge is 0.465 e. The summed E-state index contributed by atoms with van der Waals surface area (Å²) in [7, 11) is 0. The number of nitrogens with zero attached hydrogens (tertiary/aromatic N) is 2. The molecule has 2 bridgehead atoms. The number of carbonyl (C=O) groups is 3. The van der Waals surface area contributed by atoms with Gasteiger partial charge in [-0.2, -0.15) is 0 Å². The van der Waals surface area contributed by atoms with Gasteiger partial charge in [-0.05, 0) is 31.2 Å². The van der Waals surface area contributed by atoms with Gasteiger partial charge in [-0.25, -0.2) is 0 Å². The molecule has 1 aromatic rings. The summed E-state index contributed by atoms with van der Waals surface area (Å²) in [5, 5.41) is 10.2. The second kappa shape index (κ2) is 11.0. The fourth-order valence-corrected chi connectivity index (χ4v) is 6.15. The summed E-state index contributed by atoms with van der Waals surface area (Å²) in [4.78, 5) is 44.5. The maximum Gasteiger partial charge on any atom is 0.312 e. The molecule has 2 unspecified atom stereocenters. The van der Waals surface area contributed by atoms with E-state index in [-0.39, 0.29) is 25.0 Å². The van der Waals surface area contributed by atoms with Crippen LogP contribution in [-0.2, 0) is 30.4 Å². The molecule has 3 saturated heterocycles. The summed E-state index contributed by atoms with van der Waals surface area (Å²) in [5.74, 6) is -2.64.